The first-order valence-corrected chi connectivity index (χ1v) is 10.3. The second kappa shape index (κ2) is 8.38. The lowest BCUT2D eigenvalue weighted by Gasteiger charge is -2.30. The molecule has 1 aromatic rings. The third kappa shape index (κ3) is 3.98. The first-order valence-electron chi connectivity index (χ1n) is 8.81. The van der Waals surface area contributed by atoms with Crippen LogP contribution in [0.2, 0.25) is 5.02 Å². The van der Waals surface area contributed by atoms with Gasteiger partial charge in [-0.2, -0.15) is 0 Å². The van der Waals surface area contributed by atoms with E-state index in [2.05, 4.69) is 5.32 Å². The van der Waals surface area contributed by atoms with Gasteiger partial charge in [-0.25, -0.2) is 0 Å². The van der Waals surface area contributed by atoms with E-state index in [-0.39, 0.29) is 30.3 Å². The summed E-state index contributed by atoms with van der Waals surface area (Å²) in [6, 6.07) is 7.48. The van der Waals surface area contributed by atoms with E-state index in [1.807, 2.05) is 4.90 Å². The number of carbonyl (C=O) groups is 2. The van der Waals surface area contributed by atoms with Crippen molar-refractivity contribution in [1.82, 2.24) is 15.1 Å². The third-order valence-corrected chi connectivity index (χ3v) is 6.62. The highest BCUT2D eigenvalue weighted by Gasteiger charge is 2.39. The van der Waals surface area contributed by atoms with Gasteiger partial charge in [-0.05, 0) is 43.5 Å². The van der Waals surface area contributed by atoms with Gasteiger partial charge in [-0.3, -0.25) is 9.59 Å². The lowest BCUT2D eigenvalue weighted by Crippen LogP contribution is -2.51. The molecule has 1 N–H and O–H groups in total. The molecule has 0 aromatic heterocycles. The number of likely N-dealkylation sites (tertiary alicyclic amines) is 1. The molecule has 0 saturated carbocycles. The van der Waals surface area contributed by atoms with E-state index in [4.69, 9.17) is 11.6 Å². The number of halogens is 2. The van der Waals surface area contributed by atoms with Gasteiger partial charge in [0.1, 0.15) is 6.04 Å². The molecule has 3 fully saturated rings. The minimum atomic E-state index is -0.357. The summed E-state index contributed by atoms with van der Waals surface area (Å²) in [5.74, 6) is 1.25. The highest BCUT2D eigenvalue weighted by Crippen LogP contribution is 2.27. The van der Waals surface area contributed by atoms with Crippen molar-refractivity contribution in [2.45, 2.75) is 37.4 Å². The predicted molar refractivity (Wildman–Crippen MR) is 107 cm³/mol. The molecule has 3 heterocycles. The van der Waals surface area contributed by atoms with Crippen LogP contribution in [0.4, 0.5) is 0 Å². The lowest BCUT2D eigenvalue weighted by molar-refractivity contribution is -0.135. The monoisotopic (exact) mass is 415 g/mol. The van der Waals surface area contributed by atoms with Crippen LogP contribution in [0.15, 0.2) is 24.3 Å². The molecular formula is C18H23Cl2N3O2S. The van der Waals surface area contributed by atoms with Crippen LogP contribution in [0, 0.1) is 0 Å². The van der Waals surface area contributed by atoms with Gasteiger partial charge in [0.2, 0.25) is 5.91 Å². The Balaban J connectivity index is 0.00000196. The van der Waals surface area contributed by atoms with Crippen LogP contribution in [0.5, 0.6) is 0 Å². The number of benzene rings is 1. The number of fused-ring (bicyclic) bond motifs is 2. The van der Waals surface area contributed by atoms with Gasteiger partial charge >= 0.3 is 0 Å². The molecule has 1 aromatic carbocycles. The number of hydrogen-bond donors (Lipinski definition) is 1. The van der Waals surface area contributed by atoms with E-state index < -0.39 is 0 Å². The van der Waals surface area contributed by atoms with Gasteiger partial charge < -0.3 is 15.1 Å². The molecule has 26 heavy (non-hydrogen) atoms. The summed E-state index contributed by atoms with van der Waals surface area (Å²) in [6.07, 6.45) is 3.36. The van der Waals surface area contributed by atoms with Crippen molar-refractivity contribution in [1.29, 1.82) is 0 Å². The van der Waals surface area contributed by atoms with Crippen molar-refractivity contribution in [3.63, 3.8) is 0 Å². The van der Waals surface area contributed by atoms with Gasteiger partial charge in [0.05, 0.1) is 5.88 Å². The molecule has 4 rings (SSSR count). The van der Waals surface area contributed by atoms with Crippen molar-refractivity contribution >= 4 is 47.6 Å². The average molecular weight is 416 g/mol. The minimum absolute atomic E-state index is 0. The summed E-state index contributed by atoms with van der Waals surface area (Å²) >= 11 is 7.55. The van der Waals surface area contributed by atoms with E-state index in [1.165, 1.54) is 6.42 Å². The second-order valence-corrected chi connectivity index (χ2v) is 8.44. The van der Waals surface area contributed by atoms with Gasteiger partial charge in [0.15, 0.2) is 0 Å². The molecule has 3 saturated heterocycles. The zero-order valence-electron chi connectivity index (χ0n) is 14.4. The number of hydrogen-bond acceptors (Lipinski definition) is 4. The molecule has 3 unspecified atom stereocenters. The fourth-order valence-electron chi connectivity index (χ4n) is 3.96. The SMILES string of the molecule is Cl.O=C(C1CSCN1C(=O)c1ccc(Cl)cc1)N1CCC2CCC(C1)N2. The maximum atomic E-state index is 13.1. The Morgan fingerprint density at radius 2 is 1.85 bits per heavy atom. The highest BCUT2D eigenvalue weighted by atomic mass is 35.5. The zero-order valence-corrected chi connectivity index (χ0v) is 16.8. The quantitative estimate of drug-likeness (QED) is 0.806. The Morgan fingerprint density at radius 3 is 2.62 bits per heavy atom. The Morgan fingerprint density at radius 1 is 1.12 bits per heavy atom. The van der Waals surface area contributed by atoms with Crippen molar-refractivity contribution in [2.75, 3.05) is 24.7 Å². The largest absolute Gasteiger partial charge is 0.339 e. The summed E-state index contributed by atoms with van der Waals surface area (Å²) in [5, 5.41) is 4.20. The number of nitrogens with zero attached hydrogens (tertiary/aromatic N) is 2. The number of carbonyl (C=O) groups excluding carboxylic acids is 2. The molecule has 3 atom stereocenters. The molecule has 2 amide bonds. The van der Waals surface area contributed by atoms with Crippen LogP contribution >= 0.6 is 35.8 Å². The van der Waals surface area contributed by atoms with E-state index in [1.54, 1.807) is 40.9 Å². The van der Waals surface area contributed by atoms with Crippen LogP contribution in [0.25, 0.3) is 0 Å². The van der Waals surface area contributed by atoms with Gasteiger partial charge in [0.25, 0.3) is 5.91 Å². The zero-order chi connectivity index (χ0) is 17.4. The van der Waals surface area contributed by atoms with E-state index in [9.17, 15) is 9.59 Å². The molecule has 0 aliphatic carbocycles. The second-order valence-electron chi connectivity index (χ2n) is 7.01. The standard InChI is InChI=1S/C18H22ClN3O2S.ClH/c19-13-3-1-12(2-4-13)17(23)22-11-25-10-16(22)18(24)21-8-7-14-5-6-15(9-21)20-14;/h1-4,14-16,20H,5-11H2;1H. The third-order valence-electron chi connectivity index (χ3n) is 5.35. The Labute approximate surface area is 169 Å². The van der Waals surface area contributed by atoms with Crippen LogP contribution in [0.3, 0.4) is 0 Å². The van der Waals surface area contributed by atoms with E-state index >= 15 is 0 Å². The topological polar surface area (TPSA) is 52.7 Å². The van der Waals surface area contributed by atoms with Crippen molar-refractivity contribution in [3.8, 4) is 0 Å². The highest BCUT2D eigenvalue weighted by molar-refractivity contribution is 7.99. The molecule has 3 aliphatic rings. The fourth-order valence-corrected chi connectivity index (χ4v) is 5.23. The van der Waals surface area contributed by atoms with Crippen LogP contribution < -0.4 is 5.32 Å². The van der Waals surface area contributed by atoms with E-state index in [0.717, 1.165) is 25.9 Å². The lowest BCUT2D eigenvalue weighted by atomic mass is 10.1. The molecule has 0 spiro atoms. The summed E-state index contributed by atoms with van der Waals surface area (Å²) in [4.78, 5) is 29.6. The molecule has 0 radical (unpaired) electrons. The minimum Gasteiger partial charge on any atom is -0.339 e. The number of amides is 2. The molecule has 142 valence electrons. The van der Waals surface area contributed by atoms with Crippen molar-refractivity contribution < 1.29 is 9.59 Å². The summed E-state index contributed by atoms with van der Waals surface area (Å²) in [6.45, 7) is 1.55. The van der Waals surface area contributed by atoms with Crippen LogP contribution in [-0.4, -0.2) is 64.5 Å². The Kier molecular flexibility index (Phi) is 6.38. The van der Waals surface area contributed by atoms with Gasteiger partial charge in [0, 0.05) is 41.5 Å². The normalized spacial score (nSPS) is 27.8. The summed E-state index contributed by atoms with van der Waals surface area (Å²) in [5.41, 5.74) is 0.585. The smallest absolute Gasteiger partial charge is 0.255 e. The first-order chi connectivity index (χ1) is 12.1. The Hall–Kier alpha value is -0.950. The van der Waals surface area contributed by atoms with Crippen LogP contribution in [-0.2, 0) is 4.79 Å². The summed E-state index contributed by atoms with van der Waals surface area (Å²) < 4.78 is 0. The molecule has 2 bridgehead atoms. The molecule has 3 aliphatic heterocycles. The maximum Gasteiger partial charge on any atom is 0.255 e. The summed E-state index contributed by atoms with van der Waals surface area (Å²) in [7, 11) is 0. The van der Waals surface area contributed by atoms with Gasteiger partial charge in [-0.1, -0.05) is 11.6 Å². The number of thioether (sulfide) groups is 1. The van der Waals surface area contributed by atoms with Gasteiger partial charge in [-0.15, -0.1) is 24.2 Å². The predicted octanol–water partition coefficient (Wildman–Crippen LogP) is 2.63. The van der Waals surface area contributed by atoms with Crippen molar-refractivity contribution in [3.05, 3.63) is 34.9 Å². The number of rotatable bonds is 2. The Bertz CT molecular complexity index is 673. The molecule has 5 nitrogen and oxygen atoms in total. The number of nitrogens with one attached hydrogen (secondary N) is 1. The average Bonchev–Trinajstić information content (AvgIpc) is 3.21. The first kappa shape index (κ1) is 19.8. The van der Waals surface area contributed by atoms with Crippen molar-refractivity contribution in [2.24, 2.45) is 0 Å². The van der Waals surface area contributed by atoms with Crippen LogP contribution in [0.1, 0.15) is 29.6 Å². The maximum absolute atomic E-state index is 13.1. The molecular weight excluding hydrogens is 393 g/mol. The fraction of sp³-hybridized carbons (Fsp3) is 0.556. The van der Waals surface area contributed by atoms with E-state index in [0.29, 0.717) is 34.3 Å². The molecule has 8 heteroatoms.